The van der Waals surface area contributed by atoms with Gasteiger partial charge < -0.3 is 0 Å². The zero-order valence-corrected chi connectivity index (χ0v) is 13.4. The minimum absolute atomic E-state index is 0.287. The molecule has 3 heteroatoms. The van der Waals surface area contributed by atoms with Gasteiger partial charge in [-0.15, -0.1) is 0 Å². The Bertz CT molecular complexity index is 612. The van der Waals surface area contributed by atoms with Crippen molar-refractivity contribution < 1.29 is 9.53 Å². The molecule has 0 bridgehead atoms. The Morgan fingerprint density at radius 1 is 1.05 bits per heavy atom. The van der Waals surface area contributed by atoms with Crippen LogP contribution in [0, 0.1) is 0 Å². The van der Waals surface area contributed by atoms with Crippen LogP contribution in [-0.2, 0) is 4.74 Å². The normalized spacial score (nSPS) is 11.6. The zero-order valence-electron chi connectivity index (χ0n) is 11.7. The fourth-order valence-electron chi connectivity index (χ4n) is 1.89. The molecule has 2 nitrogen and oxygen atoms in total. The Balaban J connectivity index is 2.38. The van der Waals surface area contributed by atoms with Gasteiger partial charge in [0.15, 0.2) is 0 Å². The Morgan fingerprint density at radius 2 is 1.68 bits per heavy atom. The quantitative estimate of drug-likeness (QED) is 0.627. The second-order valence-corrected chi connectivity index (χ2v) is 9.42. The molecule has 0 aliphatic rings. The Kier molecular flexibility index (Phi) is 3.98. The van der Waals surface area contributed by atoms with Crippen molar-refractivity contribution in [1.29, 1.82) is 0 Å². The first-order valence-corrected chi connectivity index (χ1v) is 7.91. The molecule has 0 heterocycles. The van der Waals surface area contributed by atoms with Crippen LogP contribution in [0.5, 0.6) is 0 Å². The second-order valence-electron chi connectivity index (χ2n) is 5.43. The number of hydrogen-bond acceptors (Lipinski definition) is 2. The van der Waals surface area contributed by atoms with E-state index < -0.39 is 0 Å². The molecule has 0 aliphatic heterocycles. The van der Waals surface area contributed by atoms with E-state index in [1.54, 1.807) is 0 Å². The average molecular weight is 321 g/mol. The van der Waals surface area contributed by atoms with Gasteiger partial charge in [0.1, 0.15) is 0 Å². The predicted molar refractivity (Wildman–Crippen MR) is 80.4 cm³/mol. The van der Waals surface area contributed by atoms with Crippen LogP contribution in [0.2, 0.25) is 4.31 Å². The van der Waals surface area contributed by atoms with E-state index in [1.807, 2.05) is 18.2 Å². The standard InChI is InChI=1S/C16H18O2Se/c1-16(2,3)19-14-8-7-11-9-13(15(17)18-4)6-5-12(11)10-14/h5-10H,1-4H3. The number of hydrogen-bond donors (Lipinski definition) is 0. The summed E-state index contributed by atoms with van der Waals surface area (Å²) in [7, 11) is 1.40. The first kappa shape index (κ1) is 14.1. The van der Waals surface area contributed by atoms with Crippen LogP contribution in [-0.4, -0.2) is 28.0 Å². The van der Waals surface area contributed by atoms with E-state index in [0.29, 0.717) is 24.8 Å². The van der Waals surface area contributed by atoms with Crippen LogP contribution < -0.4 is 4.46 Å². The number of esters is 1. The number of rotatable bonds is 2. The van der Waals surface area contributed by atoms with Crippen molar-refractivity contribution >= 4 is 36.2 Å². The number of benzene rings is 2. The van der Waals surface area contributed by atoms with E-state index in [9.17, 15) is 4.79 Å². The maximum absolute atomic E-state index is 11.5. The van der Waals surface area contributed by atoms with Crippen molar-refractivity contribution in [2.45, 2.75) is 25.1 Å². The maximum atomic E-state index is 11.5. The van der Waals surface area contributed by atoms with Gasteiger partial charge in [0, 0.05) is 0 Å². The van der Waals surface area contributed by atoms with Crippen molar-refractivity contribution in [3.05, 3.63) is 42.0 Å². The molecule has 0 radical (unpaired) electrons. The van der Waals surface area contributed by atoms with Crippen LogP contribution in [0.25, 0.3) is 10.8 Å². The number of fused-ring (bicyclic) bond motifs is 1. The summed E-state index contributed by atoms with van der Waals surface area (Å²) in [5.41, 5.74) is 0.601. The van der Waals surface area contributed by atoms with Gasteiger partial charge in [0.2, 0.25) is 0 Å². The molecular formula is C16H18O2Se. The molecule has 0 saturated carbocycles. The van der Waals surface area contributed by atoms with Crippen LogP contribution >= 0.6 is 0 Å². The van der Waals surface area contributed by atoms with E-state index in [-0.39, 0.29) is 5.97 Å². The molecule has 0 aromatic heterocycles. The van der Waals surface area contributed by atoms with Gasteiger partial charge in [-0.05, 0) is 0 Å². The van der Waals surface area contributed by atoms with E-state index >= 15 is 0 Å². The fourth-order valence-corrected chi connectivity index (χ4v) is 4.04. The number of methoxy groups -OCH3 is 1. The van der Waals surface area contributed by atoms with Crippen molar-refractivity contribution in [2.24, 2.45) is 0 Å². The van der Waals surface area contributed by atoms with E-state index in [0.717, 1.165) is 5.39 Å². The van der Waals surface area contributed by atoms with Gasteiger partial charge in [-0.3, -0.25) is 0 Å². The molecular weight excluding hydrogens is 303 g/mol. The van der Waals surface area contributed by atoms with Gasteiger partial charge in [0.05, 0.1) is 0 Å². The Labute approximate surface area is 120 Å². The van der Waals surface area contributed by atoms with Gasteiger partial charge in [-0.25, -0.2) is 0 Å². The minimum atomic E-state index is -0.287. The van der Waals surface area contributed by atoms with Crippen LogP contribution in [0.3, 0.4) is 0 Å². The average Bonchev–Trinajstić information content (AvgIpc) is 2.35. The molecule has 0 atom stereocenters. The van der Waals surface area contributed by atoms with Gasteiger partial charge >= 0.3 is 120 Å². The van der Waals surface area contributed by atoms with Gasteiger partial charge in [0.25, 0.3) is 0 Å². The Morgan fingerprint density at radius 3 is 2.32 bits per heavy atom. The third-order valence-electron chi connectivity index (χ3n) is 2.66. The van der Waals surface area contributed by atoms with Crippen LogP contribution in [0.1, 0.15) is 31.1 Å². The van der Waals surface area contributed by atoms with Crippen molar-refractivity contribution in [3.63, 3.8) is 0 Å². The first-order valence-electron chi connectivity index (χ1n) is 6.20. The molecule has 0 spiro atoms. The molecule has 0 N–H and O–H groups in total. The summed E-state index contributed by atoms with van der Waals surface area (Å²) in [5.74, 6) is -0.287. The summed E-state index contributed by atoms with van der Waals surface area (Å²) in [5, 5.41) is 2.26. The summed E-state index contributed by atoms with van der Waals surface area (Å²) >= 11 is 0.447. The van der Waals surface area contributed by atoms with E-state index in [2.05, 4.69) is 39.0 Å². The molecule has 0 amide bonds. The number of carbonyl (C=O) groups is 1. The van der Waals surface area contributed by atoms with Gasteiger partial charge in [-0.1, -0.05) is 0 Å². The SMILES string of the molecule is COC(=O)c1ccc2cc([Se]C(C)(C)C)ccc2c1. The molecule has 0 fully saturated rings. The summed E-state index contributed by atoms with van der Waals surface area (Å²) in [4.78, 5) is 11.5. The van der Waals surface area contributed by atoms with Crippen molar-refractivity contribution in [2.75, 3.05) is 7.11 Å². The summed E-state index contributed by atoms with van der Waals surface area (Å²) < 4.78 is 6.47. The molecule has 0 unspecified atom stereocenters. The third-order valence-corrected chi connectivity index (χ3v) is 4.97. The van der Waals surface area contributed by atoms with Crippen LogP contribution in [0.15, 0.2) is 36.4 Å². The summed E-state index contributed by atoms with van der Waals surface area (Å²) in [6, 6.07) is 12.2. The Hall–Kier alpha value is -1.31. The van der Waals surface area contributed by atoms with Crippen molar-refractivity contribution in [3.8, 4) is 0 Å². The topological polar surface area (TPSA) is 26.3 Å². The van der Waals surface area contributed by atoms with E-state index in [4.69, 9.17) is 4.74 Å². The second kappa shape index (κ2) is 5.36. The van der Waals surface area contributed by atoms with Crippen molar-refractivity contribution in [1.82, 2.24) is 0 Å². The molecule has 100 valence electrons. The molecule has 19 heavy (non-hydrogen) atoms. The van der Waals surface area contributed by atoms with E-state index in [1.165, 1.54) is 17.0 Å². The number of carbonyl (C=O) groups excluding carboxylic acids is 1. The molecule has 0 aliphatic carbocycles. The first-order chi connectivity index (χ1) is 8.89. The summed E-state index contributed by atoms with van der Waals surface area (Å²) in [6.45, 7) is 6.78. The molecule has 0 saturated heterocycles. The van der Waals surface area contributed by atoms with Gasteiger partial charge in [-0.2, -0.15) is 0 Å². The number of ether oxygens (including phenoxy) is 1. The molecule has 2 aromatic carbocycles. The monoisotopic (exact) mass is 322 g/mol. The fraction of sp³-hybridized carbons (Fsp3) is 0.312. The summed E-state index contributed by atoms with van der Waals surface area (Å²) in [6.07, 6.45) is 0. The zero-order chi connectivity index (χ0) is 14.0. The van der Waals surface area contributed by atoms with Crippen LogP contribution in [0.4, 0.5) is 0 Å². The predicted octanol–water partition coefficient (Wildman–Crippen LogP) is 3.17. The third kappa shape index (κ3) is 3.59. The molecule has 2 aromatic rings. The molecule has 2 rings (SSSR count).